The van der Waals surface area contributed by atoms with Gasteiger partial charge in [-0.05, 0) is 92.2 Å². The second-order valence-electron chi connectivity index (χ2n) is 10.4. The number of allylic oxidation sites excluding steroid dienone is 4. The summed E-state index contributed by atoms with van der Waals surface area (Å²) in [6.07, 6.45) is 16.3. The lowest BCUT2D eigenvalue weighted by Crippen LogP contribution is -2.35. The molecule has 0 amide bonds. The van der Waals surface area contributed by atoms with Gasteiger partial charge in [0.15, 0.2) is 0 Å². The van der Waals surface area contributed by atoms with Crippen LogP contribution in [0, 0.1) is 23.2 Å². The van der Waals surface area contributed by atoms with Crippen molar-refractivity contribution < 1.29 is 15.3 Å². The van der Waals surface area contributed by atoms with Gasteiger partial charge in [0.1, 0.15) is 5.75 Å². The average molecular weight is 423 g/mol. The third-order valence-electron chi connectivity index (χ3n) is 8.21. The minimum Gasteiger partial charge on any atom is -0.508 e. The summed E-state index contributed by atoms with van der Waals surface area (Å²) in [5.74, 6) is 2.12. The summed E-state index contributed by atoms with van der Waals surface area (Å²) in [6, 6.07) is 7.46. The van der Waals surface area contributed by atoms with E-state index < -0.39 is 12.2 Å². The van der Waals surface area contributed by atoms with Crippen LogP contribution < -0.4 is 0 Å². The molecule has 0 heterocycles. The zero-order valence-corrected chi connectivity index (χ0v) is 19.0. The number of hydrogen-bond acceptors (Lipinski definition) is 3. The molecule has 3 heteroatoms. The first-order valence-corrected chi connectivity index (χ1v) is 12.1. The molecule has 3 nitrogen and oxygen atoms in total. The van der Waals surface area contributed by atoms with E-state index in [0.29, 0.717) is 48.2 Å². The van der Waals surface area contributed by atoms with Gasteiger partial charge < -0.3 is 15.3 Å². The van der Waals surface area contributed by atoms with Crippen LogP contribution in [0.3, 0.4) is 0 Å². The highest BCUT2D eigenvalue weighted by molar-refractivity contribution is 5.51. The van der Waals surface area contributed by atoms with E-state index in [-0.39, 0.29) is 0 Å². The van der Waals surface area contributed by atoms with E-state index in [4.69, 9.17) is 0 Å². The minimum atomic E-state index is -0.403. The molecule has 0 spiro atoms. The van der Waals surface area contributed by atoms with Gasteiger partial charge in [0.25, 0.3) is 0 Å². The average Bonchev–Trinajstić information content (AvgIpc) is 3.07. The molecule has 3 saturated carbocycles. The van der Waals surface area contributed by atoms with E-state index in [9.17, 15) is 15.3 Å². The van der Waals surface area contributed by atoms with Crippen molar-refractivity contribution in [2.45, 2.75) is 77.4 Å². The summed E-state index contributed by atoms with van der Waals surface area (Å²) < 4.78 is 0. The molecule has 0 saturated heterocycles. The number of phenols is 1. The molecule has 6 atom stereocenters. The summed E-state index contributed by atoms with van der Waals surface area (Å²) >= 11 is 0. The summed E-state index contributed by atoms with van der Waals surface area (Å²) in [7, 11) is 0. The van der Waals surface area contributed by atoms with Crippen LogP contribution in [0.4, 0.5) is 0 Å². The van der Waals surface area contributed by atoms with E-state index in [1.165, 1.54) is 37.7 Å². The third-order valence-corrected chi connectivity index (χ3v) is 8.21. The molecule has 0 radical (unpaired) electrons. The van der Waals surface area contributed by atoms with Crippen molar-refractivity contribution in [3.8, 4) is 5.75 Å². The summed E-state index contributed by atoms with van der Waals surface area (Å²) in [6.45, 7) is 4.85. The number of hydrogen-bond donors (Lipinski definition) is 3. The van der Waals surface area contributed by atoms with Crippen molar-refractivity contribution in [1.82, 2.24) is 0 Å². The molecule has 1 aromatic rings. The van der Waals surface area contributed by atoms with Crippen LogP contribution in [0.15, 0.2) is 53.6 Å². The largest absolute Gasteiger partial charge is 0.508 e. The van der Waals surface area contributed by atoms with Crippen molar-refractivity contribution >= 4 is 6.08 Å². The third kappa shape index (κ3) is 4.99. The Morgan fingerprint density at radius 3 is 2.61 bits per heavy atom. The van der Waals surface area contributed by atoms with Gasteiger partial charge in [-0.2, -0.15) is 0 Å². The van der Waals surface area contributed by atoms with Gasteiger partial charge in [0.2, 0.25) is 0 Å². The fourth-order valence-corrected chi connectivity index (χ4v) is 6.70. The van der Waals surface area contributed by atoms with Gasteiger partial charge in [0, 0.05) is 0 Å². The Morgan fingerprint density at radius 1 is 1.10 bits per heavy atom. The van der Waals surface area contributed by atoms with Crippen molar-refractivity contribution in [2.75, 3.05) is 0 Å². The quantitative estimate of drug-likeness (QED) is 0.556. The molecule has 3 aliphatic carbocycles. The lowest BCUT2D eigenvalue weighted by atomic mass is 9.61. The highest BCUT2D eigenvalue weighted by Crippen LogP contribution is 2.59. The van der Waals surface area contributed by atoms with Crippen molar-refractivity contribution in [3.05, 3.63) is 59.2 Å². The van der Waals surface area contributed by atoms with E-state index in [2.05, 4.69) is 38.2 Å². The second-order valence-corrected chi connectivity index (χ2v) is 10.4. The van der Waals surface area contributed by atoms with Crippen molar-refractivity contribution in [2.24, 2.45) is 23.2 Å². The fraction of sp³-hybridized carbons (Fsp3) is 0.571. The number of fused-ring (bicyclic) bond motifs is 1. The van der Waals surface area contributed by atoms with E-state index in [1.54, 1.807) is 11.6 Å². The van der Waals surface area contributed by atoms with Gasteiger partial charge in [-0.3, -0.25) is 0 Å². The van der Waals surface area contributed by atoms with Crippen LogP contribution in [-0.2, 0) is 0 Å². The molecule has 4 rings (SSSR count). The summed E-state index contributed by atoms with van der Waals surface area (Å²) in [5, 5.41) is 29.7. The van der Waals surface area contributed by atoms with Crippen LogP contribution in [0.5, 0.6) is 5.75 Å². The summed E-state index contributed by atoms with van der Waals surface area (Å²) in [4.78, 5) is 0. The molecule has 0 aliphatic heterocycles. The number of aliphatic hydroxyl groups excluding tert-OH is 2. The van der Waals surface area contributed by atoms with E-state index >= 15 is 0 Å². The SMILES string of the molecule is C[C@H](/C=C/c1cccc(O)c1)[C@H]1CC[C@H]2/C(=C/C=C3C[C@@H](O)C[C@H](O)C3)CCC[C@]12C. The number of phenolic OH excluding ortho intramolecular Hbond substituents is 1. The molecule has 0 bridgehead atoms. The van der Waals surface area contributed by atoms with Crippen molar-refractivity contribution in [3.63, 3.8) is 0 Å². The molecular weight excluding hydrogens is 384 g/mol. The summed E-state index contributed by atoms with van der Waals surface area (Å²) in [5.41, 5.74) is 4.14. The van der Waals surface area contributed by atoms with Crippen LogP contribution in [0.2, 0.25) is 0 Å². The van der Waals surface area contributed by atoms with Gasteiger partial charge in [-0.15, -0.1) is 0 Å². The van der Waals surface area contributed by atoms with Crippen molar-refractivity contribution in [1.29, 1.82) is 0 Å². The maximum absolute atomic E-state index is 9.98. The second kappa shape index (κ2) is 9.34. The maximum atomic E-state index is 9.98. The van der Waals surface area contributed by atoms with Crippen LogP contribution in [0.1, 0.15) is 70.8 Å². The zero-order chi connectivity index (χ0) is 22.0. The first-order chi connectivity index (χ1) is 14.8. The Bertz CT molecular complexity index is 855. The smallest absolute Gasteiger partial charge is 0.116 e. The maximum Gasteiger partial charge on any atom is 0.116 e. The van der Waals surface area contributed by atoms with Crippen LogP contribution in [0.25, 0.3) is 6.08 Å². The predicted molar refractivity (Wildman–Crippen MR) is 127 cm³/mol. The Morgan fingerprint density at radius 2 is 1.87 bits per heavy atom. The monoisotopic (exact) mass is 422 g/mol. The predicted octanol–water partition coefficient (Wildman–Crippen LogP) is 6.02. The fourth-order valence-electron chi connectivity index (χ4n) is 6.70. The Balaban J connectivity index is 1.48. The first-order valence-electron chi connectivity index (χ1n) is 12.1. The van der Waals surface area contributed by atoms with E-state index in [1.807, 2.05) is 18.2 Å². The minimum absolute atomic E-state index is 0.317. The lowest BCUT2D eigenvalue weighted by Gasteiger charge is -2.44. The molecule has 0 aromatic heterocycles. The Kier molecular flexibility index (Phi) is 6.74. The highest BCUT2D eigenvalue weighted by atomic mass is 16.3. The zero-order valence-electron chi connectivity index (χ0n) is 19.0. The van der Waals surface area contributed by atoms with Gasteiger partial charge in [-0.25, -0.2) is 0 Å². The number of aromatic hydroxyl groups is 1. The van der Waals surface area contributed by atoms with Gasteiger partial charge in [-0.1, -0.05) is 61.4 Å². The molecule has 3 fully saturated rings. The molecule has 3 N–H and O–H groups in total. The first kappa shape index (κ1) is 22.4. The molecule has 31 heavy (non-hydrogen) atoms. The molecular formula is C28H38O3. The molecule has 1 aromatic carbocycles. The number of rotatable bonds is 4. The lowest BCUT2D eigenvalue weighted by molar-refractivity contribution is 0.0609. The van der Waals surface area contributed by atoms with Gasteiger partial charge >= 0.3 is 0 Å². The molecule has 3 aliphatic rings. The normalized spacial score (nSPS) is 36.0. The highest BCUT2D eigenvalue weighted by Gasteiger charge is 2.50. The standard InChI is InChI=1S/C28H38O3/c1-19(8-9-20-5-3-7-23(29)15-20)26-12-13-27-22(6-4-14-28(26,27)2)11-10-21-16-24(30)18-25(31)17-21/h3,5,7-11,15,19,24-27,29-31H,4,6,12-14,16-18H2,1-2H3/b9-8+,22-11+/t19-,24-,25-,26-,27+,28-/m1/s1. The van der Waals surface area contributed by atoms with Crippen LogP contribution in [-0.4, -0.2) is 27.5 Å². The molecule has 0 unspecified atom stereocenters. The topological polar surface area (TPSA) is 60.7 Å². The van der Waals surface area contributed by atoms with Gasteiger partial charge in [0.05, 0.1) is 12.2 Å². The number of aliphatic hydroxyl groups is 2. The van der Waals surface area contributed by atoms with E-state index in [0.717, 1.165) is 5.56 Å². The Hall–Kier alpha value is -1.84. The number of benzene rings is 1. The Labute approximate surface area is 187 Å². The molecule has 168 valence electrons. The van der Waals surface area contributed by atoms with Crippen LogP contribution >= 0.6 is 0 Å².